The Balaban J connectivity index is 2.60. The highest BCUT2D eigenvalue weighted by Gasteiger charge is 2.18. The van der Waals surface area contributed by atoms with Crippen molar-refractivity contribution in [3.8, 4) is 11.8 Å². The van der Waals surface area contributed by atoms with Crippen LogP contribution in [0.5, 0.6) is 5.75 Å². The van der Waals surface area contributed by atoms with E-state index in [0.29, 0.717) is 18.7 Å². The van der Waals surface area contributed by atoms with Gasteiger partial charge in [0.1, 0.15) is 5.75 Å². The number of nitrogens with zero attached hydrogens (tertiary/aromatic N) is 2. The lowest BCUT2D eigenvalue weighted by molar-refractivity contribution is -0.136. The fourth-order valence-electron chi connectivity index (χ4n) is 1.61. The highest BCUT2D eigenvalue weighted by Crippen LogP contribution is 2.15. The number of aliphatic hydroxyl groups excluding tert-OH is 1. The first-order chi connectivity index (χ1) is 9.08. The van der Waals surface area contributed by atoms with Gasteiger partial charge in [-0.2, -0.15) is 5.26 Å². The molecule has 0 aliphatic heterocycles. The van der Waals surface area contributed by atoms with Crippen molar-refractivity contribution in [2.75, 3.05) is 13.6 Å². The molecule has 0 aliphatic rings. The quantitative estimate of drug-likeness (QED) is 0.839. The Morgan fingerprint density at radius 1 is 1.58 bits per heavy atom. The summed E-state index contributed by atoms with van der Waals surface area (Å²) in [6, 6.07) is 8.96. The van der Waals surface area contributed by atoms with Crippen LogP contribution in [-0.2, 0) is 11.4 Å². The van der Waals surface area contributed by atoms with Crippen molar-refractivity contribution in [1.82, 2.24) is 4.90 Å². The number of hydrogen-bond acceptors (Lipinski definition) is 4. The maximum absolute atomic E-state index is 11.9. The van der Waals surface area contributed by atoms with Gasteiger partial charge in [-0.1, -0.05) is 12.1 Å². The van der Waals surface area contributed by atoms with Gasteiger partial charge >= 0.3 is 0 Å². The lowest BCUT2D eigenvalue weighted by Gasteiger charge is -2.21. The number of benzene rings is 1. The second-order valence-electron chi connectivity index (χ2n) is 4.23. The maximum Gasteiger partial charge on any atom is 0.263 e. The monoisotopic (exact) mass is 262 g/mol. The van der Waals surface area contributed by atoms with Crippen LogP contribution in [0, 0.1) is 11.3 Å². The lowest BCUT2D eigenvalue weighted by Crippen LogP contribution is -2.38. The molecule has 1 unspecified atom stereocenters. The number of likely N-dealkylation sites (N-methyl/N-ethyl adjacent to an activating group) is 1. The largest absolute Gasteiger partial charge is 0.481 e. The summed E-state index contributed by atoms with van der Waals surface area (Å²) in [5.41, 5.74) is 0.731. The lowest BCUT2D eigenvalue weighted by atomic mass is 10.2. The minimum Gasteiger partial charge on any atom is -0.481 e. The highest BCUT2D eigenvalue weighted by molar-refractivity contribution is 5.80. The molecule has 1 rings (SSSR count). The van der Waals surface area contributed by atoms with E-state index in [1.54, 1.807) is 38.2 Å². The van der Waals surface area contributed by atoms with Crippen molar-refractivity contribution in [3.63, 3.8) is 0 Å². The van der Waals surface area contributed by atoms with Gasteiger partial charge in [-0.3, -0.25) is 4.79 Å². The Kier molecular flexibility index (Phi) is 5.83. The number of hydrogen-bond donors (Lipinski definition) is 1. The van der Waals surface area contributed by atoms with Crippen LogP contribution in [-0.4, -0.2) is 35.6 Å². The predicted octanol–water partition coefficient (Wildman–Crippen LogP) is 1.32. The molecule has 0 saturated heterocycles. The van der Waals surface area contributed by atoms with Crippen LogP contribution in [0.2, 0.25) is 0 Å². The van der Waals surface area contributed by atoms with Crippen LogP contribution < -0.4 is 4.74 Å². The topological polar surface area (TPSA) is 73.6 Å². The first-order valence-electron chi connectivity index (χ1n) is 6.07. The summed E-state index contributed by atoms with van der Waals surface area (Å²) in [5.74, 6) is 0.366. The van der Waals surface area contributed by atoms with Crippen molar-refractivity contribution < 1.29 is 14.6 Å². The molecular formula is C14H18N2O3. The predicted molar refractivity (Wildman–Crippen MR) is 70.3 cm³/mol. The number of amides is 1. The van der Waals surface area contributed by atoms with Crippen molar-refractivity contribution >= 4 is 5.91 Å². The van der Waals surface area contributed by atoms with E-state index in [4.69, 9.17) is 15.1 Å². The zero-order chi connectivity index (χ0) is 14.3. The summed E-state index contributed by atoms with van der Waals surface area (Å²) in [6.07, 6.45) is -0.327. The van der Waals surface area contributed by atoms with Crippen LogP contribution >= 0.6 is 0 Å². The average molecular weight is 262 g/mol. The molecule has 1 N–H and O–H groups in total. The van der Waals surface area contributed by atoms with Gasteiger partial charge in [0, 0.05) is 13.6 Å². The van der Waals surface area contributed by atoms with E-state index in [-0.39, 0.29) is 12.5 Å². The molecule has 0 bridgehead atoms. The third kappa shape index (κ3) is 4.60. The van der Waals surface area contributed by atoms with Gasteiger partial charge in [-0.25, -0.2) is 0 Å². The van der Waals surface area contributed by atoms with Gasteiger partial charge < -0.3 is 14.7 Å². The van der Waals surface area contributed by atoms with Crippen LogP contribution in [0.25, 0.3) is 0 Å². The van der Waals surface area contributed by atoms with Crippen LogP contribution in [0.15, 0.2) is 24.3 Å². The molecular weight excluding hydrogens is 244 g/mol. The summed E-state index contributed by atoms with van der Waals surface area (Å²) in [4.78, 5) is 13.4. The molecule has 19 heavy (non-hydrogen) atoms. The molecule has 0 radical (unpaired) electrons. The van der Waals surface area contributed by atoms with Crippen molar-refractivity contribution in [1.29, 1.82) is 5.26 Å². The Bertz CT molecular complexity index is 468. The molecule has 1 atom stereocenters. The second-order valence-corrected chi connectivity index (χ2v) is 4.23. The van der Waals surface area contributed by atoms with Crippen molar-refractivity contribution in [2.45, 2.75) is 26.1 Å². The number of carbonyl (C=O) groups excluding carboxylic acids is 1. The van der Waals surface area contributed by atoms with Crippen LogP contribution in [0.3, 0.4) is 0 Å². The van der Waals surface area contributed by atoms with Gasteiger partial charge in [0.25, 0.3) is 5.91 Å². The van der Waals surface area contributed by atoms with Crippen LogP contribution in [0.1, 0.15) is 18.9 Å². The summed E-state index contributed by atoms with van der Waals surface area (Å²) >= 11 is 0. The zero-order valence-corrected chi connectivity index (χ0v) is 11.2. The molecule has 0 heterocycles. The minimum absolute atomic E-state index is 0.0679. The number of ether oxygens (including phenoxy) is 1. The van der Waals surface area contributed by atoms with Gasteiger partial charge in [-0.05, 0) is 24.6 Å². The number of carbonyl (C=O) groups is 1. The summed E-state index contributed by atoms with van der Waals surface area (Å²) in [5, 5.41) is 17.5. The molecule has 0 spiro atoms. The molecule has 102 valence electrons. The molecule has 1 amide bonds. The third-order valence-electron chi connectivity index (χ3n) is 2.68. The normalized spacial score (nSPS) is 11.5. The number of nitriles is 1. The van der Waals surface area contributed by atoms with Crippen molar-refractivity contribution in [3.05, 3.63) is 29.8 Å². The molecule has 5 heteroatoms. The van der Waals surface area contributed by atoms with E-state index in [2.05, 4.69) is 0 Å². The fourth-order valence-corrected chi connectivity index (χ4v) is 1.61. The average Bonchev–Trinajstić information content (AvgIpc) is 2.43. The molecule has 0 saturated carbocycles. The minimum atomic E-state index is -0.627. The van der Waals surface area contributed by atoms with Gasteiger partial charge in [-0.15, -0.1) is 0 Å². The number of aliphatic hydroxyl groups is 1. The third-order valence-corrected chi connectivity index (χ3v) is 2.68. The molecule has 1 aromatic rings. The first kappa shape index (κ1) is 15.0. The van der Waals surface area contributed by atoms with E-state index in [0.717, 1.165) is 5.56 Å². The van der Waals surface area contributed by atoms with Crippen LogP contribution in [0.4, 0.5) is 0 Å². The molecule has 0 aromatic heterocycles. The van der Waals surface area contributed by atoms with E-state index < -0.39 is 6.10 Å². The van der Waals surface area contributed by atoms with E-state index in [1.165, 1.54) is 4.90 Å². The van der Waals surface area contributed by atoms with Gasteiger partial charge in [0.05, 0.1) is 19.1 Å². The summed E-state index contributed by atoms with van der Waals surface area (Å²) < 4.78 is 5.53. The van der Waals surface area contributed by atoms with E-state index in [1.807, 2.05) is 6.07 Å². The molecule has 0 fully saturated rings. The first-order valence-corrected chi connectivity index (χ1v) is 6.07. The maximum atomic E-state index is 11.9. The van der Waals surface area contributed by atoms with E-state index in [9.17, 15) is 4.79 Å². The Labute approximate surface area is 113 Å². The Morgan fingerprint density at radius 3 is 2.95 bits per heavy atom. The zero-order valence-electron chi connectivity index (χ0n) is 11.2. The summed E-state index contributed by atoms with van der Waals surface area (Å²) in [6.45, 7) is 1.98. The van der Waals surface area contributed by atoms with Crippen molar-refractivity contribution in [2.24, 2.45) is 0 Å². The molecule has 5 nitrogen and oxygen atoms in total. The highest BCUT2D eigenvalue weighted by atomic mass is 16.5. The van der Waals surface area contributed by atoms with Gasteiger partial charge in [0.15, 0.2) is 6.10 Å². The summed E-state index contributed by atoms with van der Waals surface area (Å²) in [7, 11) is 1.64. The fraction of sp³-hybridized carbons (Fsp3) is 0.429. The second kappa shape index (κ2) is 7.39. The Morgan fingerprint density at radius 2 is 2.32 bits per heavy atom. The number of rotatable bonds is 6. The Hall–Kier alpha value is -2.06. The van der Waals surface area contributed by atoms with Gasteiger partial charge in [0.2, 0.25) is 0 Å². The SMILES string of the molecule is CC(Oc1cccc(CO)c1)C(=O)N(C)CCC#N. The standard InChI is InChI=1S/C14H18N2O3/c1-11(14(18)16(2)8-4-7-15)19-13-6-3-5-12(9-13)10-17/h3,5-6,9,11,17H,4,8,10H2,1-2H3. The van der Waals surface area contributed by atoms with E-state index >= 15 is 0 Å². The smallest absolute Gasteiger partial charge is 0.263 e. The molecule has 1 aromatic carbocycles. The molecule has 0 aliphatic carbocycles.